The van der Waals surface area contributed by atoms with Gasteiger partial charge in [0.05, 0.1) is 0 Å². The van der Waals surface area contributed by atoms with Crippen molar-refractivity contribution in [3.05, 3.63) is 18.3 Å². The van der Waals surface area contributed by atoms with Gasteiger partial charge in [-0.1, -0.05) is 13.8 Å². The maximum absolute atomic E-state index is 12.3. The summed E-state index contributed by atoms with van der Waals surface area (Å²) in [5, 5.41) is 0. The molecule has 5 nitrogen and oxygen atoms in total. The molecule has 0 unspecified atom stereocenters. The van der Waals surface area contributed by atoms with Gasteiger partial charge in [-0.15, -0.1) is 0 Å². The summed E-state index contributed by atoms with van der Waals surface area (Å²) in [7, 11) is -3.41. The van der Waals surface area contributed by atoms with E-state index in [2.05, 4.69) is 18.8 Å². The van der Waals surface area contributed by atoms with Gasteiger partial charge in [-0.05, 0) is 24.0 Å². The van der Waals surface area contributed by atoms with Gasteiger partial charge in [0.2, 0.25) is 10.0 Å². The summed E-state index contributed by atoms with van der Waals surface area (Å²) in [6.45, 7) is 5.27. The van der Waals surface area contributed by atoms with Crippen LogP contribution in [-0.2, 0) is 10.0 Å². The Hall–Kier alpha value is -1.14. The molecule has 94 valence electrons. The Bertz CT molecular complexity index is 508. The maximum Gasteiger partial charge on any atom is 0.244 e. The zero-order valence-electron chi connectivity index (χ0n) is 10.0. The van der Waals surface area contributed by atoms with Crippen LogP contribution in [0.25, 0.3) is 0 Å². The standard InChI is InChI=1S/C11H17N3O2S/c1-11(2)5-6-14(8-11)17(15,16)9-3-4-10(12)13-7-9/h3-4,7H,5-6,8H2,1-2H3,(H2,12,13). The molecule has 1 aliphatic rings. The van der Waals surface area contributed by atoms with Crippen molar-refractivity contribution in [2.24, 2.45) is 5.41 Å². The van der Waals surface area contributed by atoms with E-state index in [-0.39, 0.29) is 10.3 Å². The van der Waals surface area contributed by atoms with Crippen LogP contribution in [0.5, 0.6) is 0 Å². The largest absolute Gasteiger partial charge is 0.384 e. The van der Waals surface area contributed by atoms with Gasteiger partial charge in [0.15, 0.2) is 0 Å². The lowest BCUT2D eigenvalue weighted by atomic mass is 9.93. The SMILES string of the molecule is CC1(C)CCN(S(=O)(=O)c2ccc(N)nc2)C1. The van der Waals surface area contributed by atoms with Crippen molar-refractivity contribution < 1.29 is 8.42 Å². The lowest BCUT2D eigenvalue weighted by Gasteiger charge is -2.19. The normalized spacial score (nSPS) is 20.6. The van der Waals surface area contributed by atoms with Crippen LogP contribution in [0.4, 0.5) is 5.82 Å². The highest BCUT2D eigenvalue weighted by atomic mass is 32.2. The average Bonchev–Trinajstić information content (AvgIpc) is 2.60. The van der Waals surface area contributed by atoms with Gasteiger partial charge >= 0.3 is 0 Å². The van der Waals surface area contributed by atoms with E-state index in [1.165, 1.54) is 22.6 Å². The summed E-state index contributed by atoms with van der Waals surface area (Å²) in [4.78, 5) is 4.04. The van der Waals surface area contributed by atoms with Crippen LogP contribution in [0.2, 0.25) is 0 Å². The number of hydrogen-bond donors (Lipinski definition) is 1. The minimum absolute atomic E-state index is 0.0499. The Morgan fingerprint density at radius 1 is 1.41 bits per heavy atom. The van der Waals surface area contributed by atoms with E-state index in [4.69, 9.17) is 5.73 Å². The molecule has 1 aromatic rings. The number of nitrogen functional groups attached to an aromatic ring is 1. The highest BCUT2D eigenvalue weighted by Crippen LogP contribution is 2.32. The van der Waals surface area contributed by atoms with E-state index in [1.807, 2.05) is 0 Å². The van der Waals surface area contributed by atoms with E-state index in [0.29, 0.717) is 18.9 Å². The molecule has 0 saturated carbocycles. The predicted molar refractivity (Wildman–Crippen MR) is 65.8 cm³/mol. The molecule has 6 heteroatoms. The van der Waals surface area contributed by atoms with Crippen LogP contribution in [0, 0.1) is 5.41 Å². The molecular formula is C11H17N3O2S. The van der Waals surface area contributed by atoms with Gasteiger partial charge in [0.1, 0.15) is 10.7 Å². The summed E-state index contributed by atoms with van der Waals surface area (Å²) in [6.07, 6.45) is 2.20. The van der Waals surface area contributed by atoms with Crippen molar-refractivity contribution >= 4 is 15.8 Å². The minimum Gasteiger partial charge on any atom is -0.384 e. The first-order valence-electron chi connectivity index (χ1n) is 5.53. The zero-order valence-corrected chi connectivity index (χ0v) is 10.9. The van der Waals surface area contributed by atoms with E-state index in [1.54, 1.807) is 0 Å². The van der Waals surface area contributed by atoms with Crippen LogP contribution in [0.3, 0.4) is 0 Å². The Morgan fingerprint density at radius 3 is 2.59 bits per heavy atom. The molecule has 0 radical (unpaired) electrons. The molecule has 2 rings (SSSR count). The molecule has 0 bridgehead atoms. The van der Waals surface area contributed by atoms with Crippen LogP contribution in [0.15, 0.2) is 23.2 Å². The lowest BCUT2D eigenvalue weighted by molar-refractivity contribution is 0.375. The highest BCUT2D eigenvalue weighted by molar-refractivity contribution is 7.89. The highest BCUT2D eigenvalue weighted by Gasteiger charge is 2.36. The summed E-state index contributed by atoms with van der Waals surface area (Å²) < 4.78 is 26.1. The van der Waals surface area contributed by atoms with Crippen LogP contribution in [-0.4, -0.2) is 30.8 Å². The van der Waals surface area contributed by atoms with Crippen molar-refractivity contribution in [3.63, 3.8) is 0 Å². The number of pyridine rings is 1. The fraction of sp³-hybridized carbons (Fsp3) is 0.545. The minimum atomic E-state index is -3.41. The summed E-state index contributed by atoms with van der Waals surface area (Å²) >= 11 is 0. The molecule has 17 heavy (non-hydrogen) atoms. The van der Waals surface area contributed by atoms with Gasteiger partial charge in [-0.2, -0.15) is 4.31 Å². The Labute approximate surface area is 102 Å². The molecule has 1 aliphatic heterocycles. The fourth-order valence-corrected chi connectivity index (χ4v) is 3.54. The number of anilines is 1. The monoisotopic (exact) mass is 255 g/mol. The van der Waals surface area contributed by atoms with E-state index < -0.39 is 10.0 Å². The quantitative estimate of drug-likeness (QED) is 0.858. The smallest absolute Gasteiger partial charge is 0.244 e. The van der Waals surface area contributed by atoms with Gasteiger partial charge in [-0.3, -0.25) is 0 Å². The average molecular weight is 255 g/mol. The third-order valence-corrected chi connectivity index (χ3v) is 4.87. The lowest BCUT2D eigenvalue weighted by Crippen LogP contribution is -2.30. The van der Waals surface area contributed by atoms with Gasteiger partial charge in [-0.25, -0.2) is 13.4 Å². The molecule has 0 aromatic carbocycles. The second-order valence-corrected chi connectivity index (χ2v) is 7.11. The molecular weight excluding hydrogens is 238 g/mol. The Balaban J connectivity index is 2.29. The topological polar surface area (TPSA) is 76.3 Å². The van der Waals surface area contributed by atoms with Gasteiger partial charge < -0.3 is 5.73 Å². The summed E-state index contributed by atoms with van der Waals surface area (Å²) in [5.74, 6) is 0.325. The number of nitrogens with zero attached hydrogens (tertiary/aromatic N) is 2. The molecule has 1 saturated heterocycles. The second kappa shape index (κ2) is 3.96. The molecule has 1 aromatic heterocycles. The van der Waals surface area contributed by atoms with Gasteiger partial charge in [0.25, 0.3) is 0 Å². The molecule has 1 fully saturated rings. The third-order valence-electron chi connectivity index (χ3n) is 3.04. The molecule has 0 aliphatic carbocycles. The number of sulfonamides is 1. The Morgan fingerprint density at radius 2 is 2.12 bits per heavy atom. The first kappa shape index (κ1) is 12.3. The van der Waals surface area contributed by atoms with Crippen molar-refractivity contribution in [1.82, 2.24) is 9.29 Å². The summed E-state index contributed by atoms with van der Waals surface area (Å²) in [6, 6.07) is 3.01. The Kier molecular flexibility index (Phi) is 2.87. The molecule has 0 spiro atoms. The predicted octanol–water partition coefficient (Wildman–Crippen LogP) is 1.08. The van der Waals surface area contributed by atoms with Gasteiger partial charge in [0, 0.05) is 19.3 Å². The number of rotatable bonds is 2. The van der Waals surface area contributed by atoms with E-state index in [9.17, 15) is 8.42 Å². The molecule has 2 N–H and O–H groups in total. The first-order valence-corrected chi connectivity index (χ1v) is 6.97. The number of hydrogen-bond acceptors (Lipinski definition) is 4. The molecule has 2 heterocycles. The van der Waals surface area contributed by atoms with Crippen molar-refractivity contribution in [2.75, 3.05) is 18.8 Å². The van der Waals surface area contributed by atoms with Crippen LogP contribution < -0.4 is 5.73 Å². The number of nitrogens with two attached hydrogens (primary N) is 1. The van der Waals surface area contributed by atoms with Crippen molar-refractivity contribution in [3.8, 4) is 0 Å². The summed E-state index contributed by atoms with van der Waals surface area (Å²) in [5.41, 5.74) is 5.50. The van der Waals surface area contributed by atoms with E-state index >= 15 is 0 Å². The fourth-order valence-electron chi connectivity index (χ4n) is 1.96. The van der Waals surface area contributed by atoms with Crippen molar-refractivity contribution in [2.45, 2.75) is 25.2 Å². The first-order chi connectivity index (χ1) is 7.81. The van der Waals surface area contributed by atoms with E-state index in [0.717, 1.165) is 6.42 Å². The van der Waals surface area contributed by atoms with Crippen LogP contribution in [0.1, 0.15) is 20.3 Å². The van der Waals surface area contributed by atoms with Crippen LogP contribution >= 0.6 is 0 Å². The molecule has 0 amide bonds. The third kappa shape index (κ3) is 2.42. The maximum atomic E-state index is 12.3. The second-order valence-electron chi connectivity index (χ2n) is 5.17. The number of aromatic nitrogens is 1. The zero-order chi connectivity index (χ0) is 12.7. The van der Waals surface area contributed by atoms with Crippen molar-refractivity contribution in [1.29, 1.82) is 0 Å². The molecule has 0 atom stereocenters.